The molecular weight excluding hydrogens is 332 g/mol. The van der Waals surface area contributed by atoms with Crippen LogP contribution in [0.15, 0.2) is 18.2 Å². The average Bonchev–Trinajstić information content (AvgIpc) is 2.36. The van der Waals surface area contributed by atoms with Gasteiger partial charge in [0.1, 0.15) is 17.2 Å². The fraction of sp³-hybridized carbons (Fsp3) is 0.500. The van der Waals surface area contributed by atoms with E-state index in [1.807, 2.05) is 13.8 Å². The molecule has 0 aromatic heterocycles. The molecule has 110 valence electrons. The molecule has 1 aromatic carbocycles. The van der Waals surface area contributed by atoms with Gasteiger partial charge in [-0.3, -0.25) is 4.79 Å². The van der Waals surface area contributed by atoms with E-state index >= 15 is 0 Å². The summed E-state index contributed by atoms with van der Waals surface area (Å²) in [7, 11) is 0. The molecule has 0 spiro atoms. The van der Waals surface area contributed by atoms with Crippen LogP contribution in [0, 0.1) is 11.6 Å². The van der Waals surface area contributed by atoms with Crippen LogP contribution >= 0.6 is 15.9 Å². The van der Waals surface area contributed by atoms with E-state index in [0.29, 0.717) is 18.4 Å². The molecule has 6 heteroatoms. The quantitative estimate of drug-likeness (QED) is 0.769. The number of ether oxygens (including phenoxy) is 1. The molecule has 1 saturated heterocycles. The highest BCUT2D eigenvalue weighted by Crippen LogP contribution is 2.24. The van der Waals surface area contributed by atoms with E-state index in [1.165, 1.54) is 11.0 Å². The Bertz CT molecular complexity index is 502. The second-order valence-electron chi connectivity index (χ2n) is 5.44. The number of benzene rings is 1. The summed E-state index contributed by atoms with van der Waals surface area (Å²) in [5.74, 6) is -2.31. The Balaban J connectivity index is 2.28. The van der Waals surface area contributed by atoms with Crippen molar-refractivity contribution in [1.29, 1.82) is 0 Å². The highest BCUT2D eigenvalue weighted by molar-refractivity contribution is 9.09. The number of carbonyl (C=O) groups excluding carboxylic acids is 1. The Kier molecular flexibility index (Phi) is 4.44. The summed E-state index contributed by atoms with van der Waals surface area (Å²) in [5.41, 5.74) is -1.05. The third-order valence-corrected chi connectivity index (χ3v) is 3.84. The average molecular weight is 348 g/mol. The minimum absolute atomic E-state index is 0.197. The summed E-state index contributed by atoms with van der Waals surface area (Å²) < 4.78 is 33.2. The summed E-state index contributed by atoms with van der Waals surface area (Å²) in [4.78, 5) is 13.8. The van der Waals surface area contributed by atoms with Gasteiger partial charge in [-0.05, 0) is 26.0 Å². The number of alkyl halides is 1. The summed E-state index contributed by atoms with van der Waals surface area (Å²) in [6.45, 7) is 4.30. The predicted molar refractivity (Wildman–Crippen MR) is 75.0 cm³/mol. The number of hydrogen-bond donors (Lipinski definition) is 0. The number of hydrogen-bond acceptors (Lipinski definition) is 2. The fourth-order valence-corrected chi connectivity index (χ4v) is 2.73. The second kappa shape index (κ2) is 5.77. The Morgan fingerprint density at radius 2 is 2.05 bits per heavy atom. The largest absolute Gasteiger partial charge is 0.368 e. The first-order chi connectivity index (χ1) is 9.34. The minimum Gasteiger partial charge on any atom is -0.368 e. The van der Waals surface area contributed by atoms with Crippen LogP contribution in [0.3, 0.4) is 0 Å². The molecule has 1 aliphatic heterocycles. The third kappa shape index (κ3) is 3.17. The van der Waals surface area contributed by atoms with Crippen molar-refractivity contribution in [2.75, 3.05) is 18.4 Å². The number of rotatable bonds is 2. The lowest BCUT2D eigenvalue weighted by Gasteiger charge is -2.42. The van der Waals surface area contributed by atoms with Crippen LogP contribution in [-0.4, -0.2) is 40.9 Å². The molecule has 0 radical (unpaired) electrons. The van der Waals surface area contributed by atoms with E-state index in [-0.39, 0.29) is 6.10 Å². The lowest BCUT2D eigenvalue weighted by molar-refractivity contribution is -0.116. The molecule has 1 atom stereocenters. The Labute approximate surface area is 125 Å². The molecule has 3 nitrogen and oxygen atoms in total. The number of halogens is 3. The van der Waals surface area contributed by atoms with Crippen LogP contribution in [0.1, 0.15) is 24.2 Å². The number of nitrogens with zero attached hydrogens (tertiary/aromatic N) is 1. The molecule has 0 bridgehead atoms. The molecule has 1 heterocycles. The SMILES string of the molecule is CC1(C)CN(C(=O)c2c(F)cccc2F)CC(CBr)O1. The van der Waals surface area contributed by atoms with E-state index < -0.39 is 28.7 Å². The van der Waals surface area contributed by atoms with Gasteiger partial charge in [0.05, 0.1) is 11.7 Å². The topological polar surface area (TPSA) is 29.5 Å². The van der Waals surface area contributed by atoms with Crippen molar-refractivity contribution in [2.24, 2.45) is 0 Å². The molecular formula is C14H16BrF2NO2. The van der Waals surface area contributed by atoms with Gasteiger partial charge in [0.15, 0.2) is 0 Å². The van der Waals surface area contributed by atoms with Crippen LogP contribution in [0.4, 0.5) is 8.78 Å². The third-order valence-electron chi connectivity index (χ3n) is 3.12. The number of amides is 1. The predicted octanol–water partition coefficient (Wildman–Crippen LogP) is 2.98. The molecule has 1 aliphatic rings. The summed E-state index contributed by atoms with van der Waals surface area (Å²) in [6.07, 6.45) is -0.197. The van der Waals surface area contributed by atoms with Crippen LogP contribution in [0.5, 0.6) is 0 Å². The summed E-state index contributed by atoms with van der Waals surface area (Å²) in [6, 6.07) is 3.42. The molecule has 1 aromatic rings. The molecule has 20 heavy (non-hydrogen) atoms. The fourth-order valence-electron chi connectivity index (χ4n) is 2.39. The van der Waals surface area contributed by atoms with Crippen molar-refractivity contribution in [1.82, 2.24) is 4.90 Å². The zero-order chi connectivity index (χ0) is 14.9. The smallest absolute Gasteiger partial charge is 0.260 e. The molecule has 1 unspecified atom stereocenters. The van der Waals surface area contributed by atoms with Crippen LogP contribution < -0.4 is 0 Å². The lowest BCUT2D eigenvalue weighted by atomic mass is 10.0. The van der Waals surface area contributed by atoms with Crippen molar-refractivity contribution >= 4 is 21.8 Å². The Hall–Kier alpha value is -1.01. The maximum atomic E-state index is 13.7. The van der Waals surface area contributed by atoms with E-state index in [9.17, 15) is 13.6 Å². The first-order valence-corrected chi connectivity index (χ1v) is 7.43. The normalized spacial score (nSPS) is 21.9. The minimum atomic E-state index is -0.838. The van der Waals surface area contributed by atoms with Crippen molar-refractivity contribution in [3.8, 4) is 0 Å². The Morgan fingerprint density at radius 1 is 1.45 bits per heavy atom. The second-order valence-corrected chi connectivity index (χ2v) is 6.08. The maximum absolute atomic E-state index is 13.7. The molecule has 0 saturated carbocycles. The van der Waals surface area contributed by atoms with Gasteiger partial charge in [-0.25, -0.2) is 8.78 Å². The molecule has 0 aliphatic carbocycles. The van der Waals surface area contributed by atoms with Gasteiger partial charge in [-0.2, -0.15) is 0 Å². The number of carbonyl (C=O) groups is 1. The van der Waals surface area contributed by atoms with Gasteiger partial charge >= 0.3 is 0 Å². The van der Waals surface area contributed by atoms with E-state index in [2.05, 4.69) is 15.9 Å². The maximum Gasteiger partial charge on any atom is 0.260 e. The molecule has 1 fully saturated rings. The summed E-state index contributed by atoms with van der Waals surface area (Å²) in [5, 5.41) is 0.556. The lowest BCUT2D eigenvalue weighted by Crippen LogP contribution is -2.55. The zero-order valence-corrected chi connectivity index (χ0v) is 12.9. The van der Waals surface area contributed by atoms with E-state index in [4.69, 9.17) is 4.74 Å². The van der Waals surface area contributed by atoms with Crippen molar-refractivity contribution in [3.05, 3.63) is 35.4 Å². The zero-order valence-electron chi connectivity index (χ0n) is 11.3. The van der Waals surface area contributed by atoms with Gasteiger partial charge in [-0.15, -0.1) is 0 Å². The van der Waals surface area contributed by atoms with Crippen LogP contribution in [0.25, 0.3) is 0 Å². The van der Waals surface area contributed by atoms with Gasteiger partial charge in [0, 0.05) is 18.4 Å². The monoisotopic (exact) mass is 347 g/mol. The highest BCUT2D eigenvalue weighted by atomic mass is 79.9. The van der Waals surface area contributed by atoms with Gasteiger partial charge in [0.2, 0.25) is 0 Å². The standard InChI is InChI=1S/C14H16BrF2NO2/c1-14(2)8-18(7-9(6-15)20-14)13(19)12-10(16)4-3-5-11(12)17/h3-5,9H,6-8H2,1-2H3. The van der Waals surface area contributed by atoms with Gasteiger partial charge in [-0.1, -0.05) is 22.0 Å². The number of morpholine rings is 1. The van der Waals surface area contributed by atoms with Crippen LogP contribution in [-0.2, 0) is 4.74 Å². The first kappa shape index (κ1) is 15.4. The first-order valence-electron chi connectivity index (χ1n) is 6.31. The van der Waals surface area contributed by atoms with E-state index in [0.717, 1.165) is 12.1 Å². The molecule has 2 rings (SSSR count). The van der Waals surface area contributed by atoms with Crippen molar-refractivity contribution in [2.45, 2.75) is 25.6 Å². The van der Waals surface area contributed by atoms with Gasteiger partial charge in [0.25, 0.3) is 5.91 Å². The van der Waals surface area contributed by atoms with Crippen molar-refractivity contribution < 1.29 is 18.3 Å². The molecule has 1 amide bonds. The Morgan fingerprint density at radius 3 is 2.60 bits per heavy atom. The van der Waals surface area contributed by atoms with Gasteiger partial charge < -0.3 is 9.64 Å². The molecule has 0 N–H and O–H groups in total. The highest BCUT2D eigenvalue weighted by Gasteiger charge is 2.36. The van der Waals surface area contributed by atoms with Crippen molar-refractivity contribution in [3.63, 3.8) is 0 Å². The van der Waals surface area contributed by atoms with E-state index in [1.54, 1.807) is 0 Å². The van der Waals surface area contributed by atoms with Crippen LogP contribution in [0.2, 0.25) is 0 Å². The summed E-state index contributed by atoms with van der Waals surface area (Å²) >= 11 is 3.31.